The third-order valence-electron chi connectivity index (χ3n) is 3.70. The average molecular weight is 286 g/mol. The molecule has 0 aromatic heterocycles. The normalized spacial score (nSPS) is 12.3. The van der Waals surface area contributed by atoms with Crippen LogP contribution in [0.1, 0.15) is 23.6 Å². The first-order valence-corrected chi connectivity index (χ1v) is 7.24. The molecule has 2 aromatic carbocycles. The lowest BCUT2D eigenvalue weighted by Crippen LogP contribution is -2.21. The van der Waals surface area contributed by atoms with Crippen LogP contribution in [0, 0.1) is 19.7 Å². The van der Waals surface area contributed by atoms with E-state index in [1.165, 1.54) is 17.2 Å². The van der Waals surface area contributed by atoms with Gasteiger partial charge in [-0.15, -0.1) is 0 Å². The number of hydrogen-bond acceptors (Lipinski definition) is 2. The fraction of sp³-hybridized carbons (Fsp3) is 0.333. The van der Waals surface area contributed by atoms with E-state index < -0.39 is 0 Å². The van der Waals surface area contributed by atoms with Crippen LogP contribution in [0.5, 0.6) is 0 Å². The lowest BCUT2D eigenvalue weighted by Gasteiger charge is -2.25. The highest BCUT2D eigenvalue weighted by molar-refractivity contribution is 5.69. The van der Waals surface area contributed by atoms with E-state index in [-0.39, 0.29) is 11.9 Å². The quantitative estimate of drug-likeness (QED) is 0.917. The van der Waals surface area contributed by atoms with Gasteiger partial charge in [0.1, 0.15) is 5.82 Å². The first-order valence-electron chi connectivity index (χ1n) is 7.24. The van der Waals surface area contributed by atoms with Gasteiger partial charge in [-0.1, -0.05) is 23.8 Å². The minimum atomic E-state index is -0.193. The standard InChI is InChI=1S/C18H23FN2/c1-12-8-9-17(13(2)10-12)21(4)18-7-5-6-16(19)15(18)11-14(3)20/h5-10,14H,11,20H2,1-4H3. The van der Waals surface area contributed by atoms with Crippen molar-refractivity contribution < 1.29 is 4.39 Å². The van der Waals surface area contributed by atoms with Crippen molar-refractivity contribution in [3.8, 4) is 0 Å². The molecule has 0 saturated heterocycles. The molecule has 0 heterocycles. The van der Waals surface area contributed by atoms with Crippen LogP contribution in [0.2, 0.25) is 0 Å². The van der Waals surface area contributed by atoms with E-state index in [1.807, 2.05) is 24.9 Å². The maximum Gasteiger partial charge on any atom is 0.128 e. The van der Waals surface area contributed by atoms with E-state index in [9.17, 15) is 4.39 Å². The molecule has 0 aliphatic heterocycles. The number of nitrogens with two attached hydrogens (primary N) is 1. The lowest BCUT2D eigenvalue weighted by atomic mass is 10.0. The van der Waals surface area contributed by atoms with E-state index in [2.05, 4.69) is 32.0 Å². The molecule has 1 atom stereocenters. The van der Waals surface area contributed by atoms with Crippen molar-refractivity contribution in [3.63, 3.8) is 0 Å². The molecule has 0 fully saturated rings. The second kappa shape index (κ2) is 6.27. The Balaban J connectivity index is 2.47. The predicted octanol–water partition coefficient (Wildman–Crippen LogP) is 4.10. The van der Waals surface area contributed by atoms with Crippen molar-refractivity contribution in [2.45, 2.75) is 33.2 Å². The average Bonchev–Trinajstić information content (AvgIpc) is 2.40. The largest absolute Gasteiger partial charge is 0.344 e. The summed E-state index contributed by atoms with van der Waals surface area (Å²) in [5.41, 5.74) is 10.9. The van der Waals surface area contributed by atoms with Gasteiger partial charge in [-0.25, -0.2) is 4.39 Å². The van der Waals surface area contributed by atoms with E-state index in [0.717, 1.165) is 11.4 Å². The van der Waals surface area contributed by atoms with Gasteiger partial charge in [0.15, 0.2) is 0 Å². The Morgan fingerprint density at radius 3 is 2.48 bits per heavy atom. The summed E-state index contributed by atoms with van der Waals surface area (Å²) < 4.78 is 14.2. The lowest BCUT2D eigenvalue weighted by molar-refractivity contribution is 0.596. The van der Waals surface area contributed by atoms with E-state index in [4.69, 9.17) is 5.73 Å². The zero-order valence-corrected chi connectivity index (χ0v) is 13.2. The molecule has 2 N–H and O–H groups in total. The van der Waals surface area contributed by atoms with Crippen LogP contribution in [0.4, 0.5) is 15.8 Å². The van der Waals surface area contributed by atoms with Gasteiger partial charge in [0, 0.05) is 30.0 Å². The minimum Gasteiger partial charge on any atom is -0.344 e. The molecule has 1 unspecified atom stereocenters. The van der Waals surface area contributed by atoms with E-state index >= 15 is 0 Å². The summed E-state index contributed by atoms with van der Waals surface area (Å²) in [4.78, 5) is 2.04. The molecule has 2 rings (SSSR count). The van der Waals surface area contributed by atoms with Crippen LogP contribution in [-0.4, -0.2) is 13.1 Å². The van der Waals surface area contributed by atoms with Crippen LogP contribution < -0.4 is 10.6 Å². The molecule has 0 amide bonds. The number of benzene rings is 2. The van der Waals surface area contributed by atoms with Gasteiger partial charge >= 0.3 is 0 Å². The van der Waals surface area contributed by atoms with Gasteiger partial charge in [-0.05, 0) is 51.0 Å². The number of aryl methyl sites for hydroxylation is 2. The highest BCUT2D eigenvalue weighted by atomic mass is 19.1. The van der Waals surface area contributed by atoms with E-state index in [1.54, 1.807) is 6.07 Å². The summed E-state index contributed by atoms with van der Waals surface area (Å²) in [6, 6.07) is 11.4. The minimum absolute atomic E-state index is 0.0758. The molecular weight excluding hydrogens is 263 g/mol. The van der Waals surface area contributed by atoms with Gasteiger partial charge < -0.3 is 10.6 Å². The van der Waals surface area contributed by atoms with Crippen LogP contribution in [0.3, 0.4) is 0 Å². The first kappa shape index (κ1) is 15.5. The first-order chi connectivity index (χ1) is 9.90. The SMILES string of the molecule is Cc1ccc(N(C)c2cccc(F)c2CC(C)N)c(C)c1. The smallest absolute Gasteiger partial charge is 0.128 e. The summed E-state index contributed by atoms with van der Waals surface area (Å²) in [5.74, 6) is -0.193. The maximum absolute atomic E-state index is 14.2. The highest BCUT2D eigenvalue weighted by Gasteiger charge is 2.15. The number of nitrogens with zero attached hydrogens (tertiary/aromatic N) is 1. The topological polar surface area (TPSA) is 29.3 Å². The van der Waals surface area contributed by atoms with Crippen LogP contribution >= 0.6 is 0 Å². The predicted molar refractivity (Wildman–Crippen MR) is 87.7 cm³/mol. The number of halogens is 1. The summed E-state index contributed by atoms with van der Waals surface area (Å²) >= 11 is 0. The molecule has 0 aliphatic carbocycles. The molecule has 0 spiro atoms. The van der Waals surface area contributed by atoms with Crippen molar-refractivity contribution in [2.75, 3.05) is 11.9 Å². The Kier molecular flexibility index (Phi) is 4.63. The molecular formula is C18H23FN2. The zero-order valence-electron chi connectivity index (χ0n) is 13.2. The molecule has 21 heavy (non-hydrogen) atoms. The Hall–Kier alpha value is -1.87. The Morgan fingerprint density at radius 1 is 1.14 bits per heavy atom. The maximum atomic E-state index is 14.2. The molecule has 0 saturated carbocycles. The molecule has 3 heteroatoms. The van der Waals surface area contributed by atoms with E-state index in [0.29, 0.717) is 12.0 Å². The number of anilines is 2. The van der Waals surface area contributed by atoms with Crippen LogP contribution in [-0.2, 0) is 6.42 Å². The third kappa shape index (κ3) is 3.42. The summed E-state index contributed by atoms with van der Waals surface area (Å²) in [6.07, 6.45) is 0.525. The molecule has 0 aliphatic rings. The van der Waals surface area contributed by atoms with Crippen LogP contribution in [0.25, 0.3) is 0 Å². The van der Waals surface area contributed by atoms with Crippen molar-refractivity contribution in [1.29, 1.82) is 0 Å². The second-order valence-electron chi connectivity index (χ2n) is 5.77. The van der Waals surface area contributed by atoms with Gasteiger partial charge in [0.2, 0.25) is 0 Å². The second-order valence-corrected chi connectivity index (χ2v) is 5.77. The Labute approximate surface area is 126 Å². The number of rotatable bonds is 4. The van der Waals surface area contributed by atoms with Gasteiger partial charge in [0.05, 0.1) is 0 Å². The third-order valence-corrected chi connectivity index (χ3v) is 3.70. The van der Waals surface area contributed by atoms with Crippen molar-refractivity contribution in [3.05, 3.63) is 58.9 Å². The summed E-state index contributed by atoms with van der Waals surface area (Å²) in [5, 5.41) is 0. The molecule has 112 valence electrons. The zero-order chi connectivity index (χ0) is 15.6. The molecule has 2 nitrogen and oxygen atoms in total. The summed E-state index contributed by atoms with van der Waals surface area (Å²) in [7, 11) is 1.97. The van der Waals surface area contributed by atoms with Gasteiger partial charge in [-0.2, -0.15) is 0 Å². The summed E-state index contributed by atoms with van der Waals surface area (Å²) in [6.45, 7) is 6.04. The number of hydrogen-bond donors (Lipinski definition) is 1. The monoisotopic (exact) mass is 286 g/mol. The van der Waals surface area contributed by atoms with Crippen molar-refractivity contribution in [2.24, 2.45) is 5.73 Å². The van der Waals surface area contributed by atoms with Gasteiger partial charge in [-0.3, -0.25) is 0 Å². The molecule has 0 radical (unpaired) electrons. The van der Waals surface area contributed by atoms with Crippen LogP contribution in [0.15, 0.2) is 36.4 Å². The van der Waals surface area contributed by atoms with Gasteiger partial charge in [0.25, 0.3) is 0 Å². The highest BCUT2D eigenvalue weighted by Crippen LogP contribution is 2.31. The Morgan fingerprint density at radius 2 is 1.86 bits per heavy atom. The fourth-order valence-corrected chi connectivity index (χ4v) is 2.70. The molecule has 2 aromatic rings. The van der Waals surface area contributed by atoms with Crippen molar-refractivity contribution in [1.82, 2.24) is 0 Å². The molecule has 0 bridgehead atoms. The Bertz CT molecular complexity index is 635. The fourth-order valence-electron chi connectivity index (χ4n) is 2.70. The van der Waals surface area contributed by atoms with Crippen molar-refractivity contribution >= 4 is 11.4 Å².